The van der Waals surface area contributed by atoms with E-state index in [2.05, 4.69) is 30.1 Å². The molecule has 0 saturated heterocycles. The second-order valence-electron chi connectivity index (χ2n) is 7.91. The van der Waals surface area contributed by atoms with Crippen molar-refractivity contribution in [1.82, 2.24) is 10.2 Å². The van der Waals surface area contributed by atoms with Gasteiger partial charge in [-0.25, -0.2) is 0 Å². The van der Waals surface area contributed by atoms with Crippen LogP contribution >= 0.6 is 0 Å². The van der Waals surface area contributed by atoms with Crippen molar-refractivity contribution in [2.45, 2.75) is 82.8 Å². The Bertz CT molecular complexity index is 392. The minimum absolute atomic E-state index is 0.205. The molecule has 3 saturated carbocycles. The summed E-state index contributed by atoms with van der Waals surface area (Å²) in [5, 5.41) is 13.5. The molecule has 0 aromatic carbocycles. The number of rotatable bonds is 8. The van der Waals surface area contributed by atoms with Crippen molar-refractivity contribution in [3.8, 4) is 6.07 Å². The molecule has 118 valence electrons. The summed E-state index contributed by atoms with van der Waals surface area (Å²) in [5.41, 5.74) is -0.205. The first-order valence-electron chi connectivity index (χ1n) is 9.06. The van der Waals surface area contributed by atoms with Gasteiger partial charge in [-0.05, 0) is 77.2 Å². The Hall–Kier alpha value is -0.590. The molecule has 21 heavy (non-hydrogen) atoms. The molecule has 0 aliphatic heterocycles. The van der Waals surface area contributed by atoms with Gasteiger partial charge < -0.3 is 4.90 Å². The lowest BCUT2D eigenvalue weighted by Crippen LogP contribution is -2.49. The molecule has 3 heteroatoms. The lowest BCUT2D eigenvalue weighted by molar-refractivity contribution is 0.181. The van der Waals surface area contributed by atoms with Crippen LogP contribution in [-0.2, 0) is 0 Å². The first-order chi connectivity index (χ1) is 10.1. The van der Waals surface area contributed by atoms with Gasteiger partial charge >= 0.3 is 0 Å². The molecule has 1 N–H and O–H groups in total. The molecule has 0 heterocycles. The molecule has 3 aliphatic carbocycles. The smallest absolute Gasteiger partial charge is 0.109 e. The van der Waals surface area contributed by atoms with Crippen molar-refractivity contribution in [1.29, 1.82) is 5.26 Å². The summed E-state index contributed by atoms with van der Waals surface area (Å²) in [4.78, 5) is 2.65. The van der Waals surface area contributed by atoms with E-state index in [-0.39, 0.29) is 5.54 Å². The summed E-state index contributed by atoms with van der Waals surface area (Å²) in [6.45, 7) is 7.09. The highest BCUT2D eigenvalue weighted by Crippen LogP contribution is 2.40. The van der Waals surface area contributed by atoms with Gasteiger partial charge in [0.15, 0.2) is 0 Å². The van der Waals surface area contributed by atoms with Gasteiger partial charge in [0, 0.05) is 18.6 Å². The molecule has 3 nitrogen and oxygen atoms in total. The molecule has 0 spiro atoms. The molecule has 0 bridgehead atoms. The maximum Gasteiger partial charge on any atom is 0.109 e. The molecule has 0 radical (unpaired) electrons. The van der Waals surface area contributed by atoms with Crippen molar-refractivity contribution in [2.24, 2.45) is 11.8 Å². The Morgan fingerprint density at radius 2 is 2.00 bits per heavy atom. The van der Waals surface area contributed by atoms with Gasteiger partial charge in [-0.15, -0.1) is 0 Å². The summed E-state index contributed by atoms with van der Waals surface area (Å²) >= 11 is 0. The molecule has 0 amide bonds. The zero-order valence-electron chi connectivity index (χ0n) is 13.8. The molecule has 0 aromatic heterocycles. The third-order valence-electron chi connectivity index (χ3n) is 5.74. The Morgan fingerprint density at radius 3 is 2.57 bits per heavy atom. The summed E-state index contributed by atoms with van der Waals surface area (Å²) < 4.78 is 0. The van der Waals surface area contributed by atoms with E-state index in [0.717, 1.165) is 12.3 Å². The zero-order valence-corrected chi connectivity index (χ0v) is 13.8. The van der Waals surface area contributed by atoms with Gasteiger partial charge in [-0.1, -0.05) is 6.42 Å². The second kappa shape index (κ2) is 6.26. The normalized spacial score (nSPS) is 32.8. The van der Waals surface area contributed by atoms with E-state index in [1.165, 1.54) is 58.0 Å². The third-order valence-corrected chi connectivity index (χ3v) is 5.74. The van der Waals surface area contributed by atoms with E-state index in [1.54, 1.807) is 0 Å². The van der Waals surface area contributed by atoms with Gasteiger partial charge in [0.25, 0.3) is 0 Å². The molecule has 2 atom stereocenters. The van der Waals surface area contributed by atoms with E-state index < -0.39 is 0 Å². The van der Waals surface area contributed by atoms with E-state index in [0.29, 0.717) is 18.0 Å². The monoisotopic (exact) mass is 289 g/mol. The van der Waals surface area contributed by atoms with Crippen LogP contribution in [0.2, 0.25) is 0 Å². The summed E-state index contributed by atoms with van der Waals surface area (Å²) in [7, 11) is 0. The van der Waals surface area contributed by atoms with Crippen LogP contribution in [0, 0.1) is 23.2 Å². The fraction of sp³-hybridized carbons (Fsp3) is 0.944. The molecule has 2 unspecified atom stereocenters. The standard InChI is InChI=1S/C18H31N3/c1-14(2)21(12-15-5-6-15)11-9-16-4-3-10-18(16,13-19)20-17-7-8-17/h14-17,20H,3-12H2,1-2H3. The van der Waals surface area contributed by atoms with Crippen LogP contribution in [0.3, 0.4) is 0 Å². The van der Waals surface area contributed by atoms with Crippen LogP contribution in [0.1, 0.15) is 65.2 Å². The Kier molecular flexibility index (Phi) is 4.57. The van der Waals surface area contributed by atoms with Crippen molar-refractivity contribution in [3.05, 3.63) is 0 Å². The number of nitrogens with zero attached hydrogens (tertiary/aromatic N) is 2. The molecule has 3 aliphatic rings. The third kappa shape index (κ3) is 3.79. The van der Waals surface area contributed by atoms with E-state index in [4.69, 9.17) is 0 Å². The number of hydrogen-bond donors (Lipinski definition) is 1. The molecular formula is C18H31N3. The van der Waals surface area contributed by atoms with Crippen LogP contribution < -0.4 is 5.32 Å². The number of nitriles is 1. The van der Waals surface area contributed by atoms with Crippen LogP contribution in [0.25, 0.3) is 0 Å². The maximum atomic E-state index is 9.77. The lowest BCUT2D eigenvalue weighted by Gasteiger charge is -2.33. The zero-order chi connectivity index (χ0) is 14.9. The number of hydrogen-bond acceptors (Lipinski definition) is 3. The van der Waals surface area contributed by atoms with E-state index in [9.17, 15) is 5.26 Å². The first-order valence-corrected chi connectivity index (χ1v) is 9.06. The topological polar surface area (TPSA) is 39.1 Å². The minimum Gasteiger partial charge on any atom is -0.301 e. The number of nitrogens with one attached hydrogen (secondary N) is 1. The Labute approximate surface area is 130 Å². The van der Waals surface area contributed by atoms with E-state index >= 15 is 0 Å². The highest BCUT2D eigenvalue weighted by molar-refractivity contribution is 5.16. The summed E-state index contributed by atoms with van der Waals surface area (Å²) in [6.07, 6.45) is 10.1. The molecule has 0 aromatic rings. The SMILES string of the molecule is CC(C)N(CCC1CCCC1(C#N)NC1CC1)CC1CC1. The van der Waals surface area contributed by atoms with Crippen LogP contribution in [0.5, 0.6) is 0 Å². The largest absolute Gasteiger partial charge is 0.301 e. The molecule has 3 rings (SSSR count). The highest BCUT2D eigenvalue weighted by atomic mass is 15.2. The van der Waals surface area contributed by atoms with Gasteiger partial charge in [0.1, 0.15) is 5.54 Å². The fourth-order valence-electron chi connectivity index (χ4n) is 3.94. The maximum absolute atomic E-state index is 9.77. The first kappa shape index (κ1) is 15.3. The quantitative estimate of drug-likeness (QED) is 0.745. The van der Waals surface area contributed by atoms with Gasteiger partial charge in [-0.3, -0.25) is 5.32 Å². The second-order valence-corrected chi connectivity index (χ2v) is 7.91. The van der Waals surface area contributed by atoms with Gasteiger partial charge in [0.05, 0.1) is 6.07 Å². The molecular weight excluding hydrogens is 258 g/mol. The van der Waals surface area contributed by atoms with Gasteiger partial charge in [-0.2, -0.15) is 5.26 Å². The Balaban J connectivity index is 1.55. The van der Waals surface area contributed by atoms with Crippen LogP contribution in [-0.4, -0.2) is 35.6 Å². The summed E-state index contributed by atoms with van der Waals surface area (Å²) in [5.74, 6) is 1.52. The highest BCUT2D eigenvalue weighted by Gasteiger charge is 2.46. The van der Waals surface area contributed by atoms with Crippen molar-refractivity contribution >= 4 is 0 Å². The van der Waals surface area contributed by atoms with Crippen molar-refractivity contribution in [2.75, 3.05) is 13.1 Å². The molecule has 3 fully saturated rings. The lowest BCUT2D eigenvalue weighted by atomic mass is 9.85. The average molecular weight is 289 g/mol. The predicted octanol–water partition coefficient (Wildman–Crippen LogP) is 3.31. The minimum atomic E-state index is -0.205. The van der Waals surface area contributed by atoms with Crippen molar-refractivity contribution < 1.29 is 0 Å². The summed E-state index contributed by atoms with van der Waals surface area (Å²) in [6, 6.07) is 3.95. The Morgan fingerprint density at radius 1 is 1.24 bits per heavy atom. The average Bonchev–Trinajstić information content (AvgIpc) is 3.36. The van der Waals surface area contributed by atoms with Crippen molar-refractivity contribution in [3.63, 3.8) is 0 Å². The van der Waals surface area contributed by atoms with E-state index in [1.807, 2.05) is 0 Å². The van der Waals surface area contributed by atoms with Crippen LogP contribution in [0.15, 0.2) is 0 Å². The van der Waals surface area contributed by atoms with Gasteiger partial charge in [0.2, 0.25) is 0 Å². The predicted molar refractivity (Wildman–Crippen MR) is 85.9 cm³/mol. The van der Waals surface area contributed by atoms with Crippen LogP contribution in [0.4, 0.5) is 0 Å². The fourth-order valence-corrected chi connectivity index (χ4v) is 3.94.